The molecule has 0 spiro atoms. The Morgan fingerprint density at radius 3 is 2.15 bits per heavy atom. The number of nitrogens with zero attached hydrogens (tertiary/aromatic N) is 4. The molecule has 1 atom stereocenters. The van der Waals surface area contributed by atoms with E-state index in [2.05, 4.69) is 91.2 Å². The summed E-state index contributed by atoms with van der Waals surface area (Å²) in [5.74, 6) is 0.0917. The molecule has 2 heterocycles. The smallest absolute Gasteiger partial charge is 0.253 e. The number of piperazine rings is 1. The van der Waals surface area contributed by atoms with Crippen LogP contribution < -0.4 is 0 Å². The molecule has 3 aromatic carbocycles. The highest BCUT2D eigenvalue weighted by molar-refractivity contribution is 5.94. The summed E-state index contributed by atoms with van der Waals surface area (Å²) >= 11 is 0. The fourth-order valence-electron chi connectivity index (χ4n) is 5.98. The van der Waals surface area contributed by atoms with Gasteiger partial charge in [-0.3, -0.25) is 19.6 Å². The van der Waals surface area contributed by atoms with Crippen molar-refractivity contribution in [3.05, 3.63) is 113 Å². The number of para-hydroxylation sites is 1. The number of fused-ring (bicyclic) bond motifs is 1. The number of hydrogen-bond acceptors (Lipinski definition) is 4. The molecule has 4 aromatic rings. The van der Waals surface area contributed by atoms with Gasteiger partial charge in [-0.05, 0) is 54.2 Å². The molecular weight excluding hydrogens is 504 g/mol. The van der Waals surface area contributed by atoms with Gasteiger partial charge < -0.3 is 4.90 Å². The van der Waals surface area contributed by atoms with Crippen LogP contribution in [0.4, 0.5) is 0 Å². The molecule has 0 saturated carbocycles. The van der Waals surface area contributed by atoms with Gasteiger partial charge in [0.1, 0.15) is 0 Å². The Morgan fingerprint density at radius 2 is 1.51 bits per heavy atom. The first-order valence-corrected chi connectivity index (χ1v) is 15.1. The van der Waals surface area contributed by atoms with Crippen LogP contribution in [0.3, 0.4) is 0 Å². The Balaban J connectivity index is 1.38. The molecule has 0 radical (unpaired) electrons. The van der Waals surface area contributed by atoms with Gasteiger partial charge in [0.15, 0.2) is 0 Å². The van der Waals surface area contributed by atoms with Gasteiger partial charge in [-0.2, -0.15) is 0 Å². The van der Waals surface area contributed by atoms with Crippen molar-refractivity contribution in [2.45, 2.75) is 52.6 Å². The van der Waals surface area contributed by atoms with Crippen LogP contribution in [0.5, 0.6) is 0 Å². The number of rotatable bonds is 8. The van der Waals surface area contributed by atoms with E-state index in [1.54, 1.807) is 0 Å². The molecule has 0 N–H and O–H groups in total. The molecule has 0 bridgehead atoms. The maximum atomic E-state index is 13.0. The maximum Gasteiger partial charge on any atom is 0.253 e. The van der Waals surface area contributed by atoms with E-state index in [4.69, 9.17) is 4.98 Å². The molecule has 214 valence electrons. The first-order chi connectivity index (χ1) is 19.8. The summed E-state index contributed by atoms with van der Waals surface area (Å²) in [6.07, 6.45) is 1.89. The predicted octanol–water partition coefficient (Wildman–Crippen LogP) is 6.92. The van der Waals surface area contributed by atoms with E-state index in [1.807, 2.05) is 43.1 Å². The van der Waals surface area contributed by atoms with Gasteiger partial charge in [0, 0.05) is 68.5 Å². The number of aromatic nitrogens is 1. The fourth-order valence-corrected chi connectivity index (χ4v) is 5.98. The van der Waals surface area contributed by atoms with Crippen LogP contribution >= 0.6 is 0 Å². The molecule has 1 fully saturated rings. The number of pyridine rings is 1. The molecule has 1 aliphatic rings. The molecule has 1 unspecified atom stereocenters. The highest BCUT2D eigenvalue weighted by atomic mass is 16.2. The quantitative estimate of drug-likeness (QED) is 0.240. The van der Waals surface area contributed by atoms with Crippen molar-refractivity contribution in [1.82, 2.24) is 19.7 Å². The van der Waals surface area contributed by atoms with E-state index < -0.39 is 0 Å². The molecule has 1 amide bonds. The lowest BCUT2D eigenvalue weighted by Gasteiger charge is -2.40. The average molecular weight is 549 g/mol. The SMILES string of the molecule is CCN(CC)C(=O)c1ccc(C(c2cccc3cccnc23)N2CCN(Cc3ccc(C(C)(C)C)cc3)CC2)cc1. The summed E-state index contributed by atoms with van der Waals surface area (Å²) in [6, 6.07) is 28.1. The Morgan fingerprint density at radius 1 is 0.854 bits per heavy atom. The van der Waals surface area contributed by atoms with Crippen molar-refractivity contribution in [3.63, 3.8) is 0 Å². The van der Waals surface area contributed by atoms with Crippen LogP contribution in [0.25, 0.3) is 10.9 Å². The third kappa shape index (κ3) is 6.52. The zero-order chi connectivity index (χ0) is 29.0. The molecule has 1 aliphatic heterocycles. The Bertz CT molecular complexity index is 1440. The normalized spacial score (nSPS) is 15.6. The Labute approximate surface area is 245 Å². The van der Waals surface area contributed by atoms with Crippen LogP contribution in [0.1, 0.15) is 73.3 Å². The van der Waals surface area contributed by atoms with Crippen molar-refractivity contribution in [1.29, 1.82) is 0 Å². The molecule has 5 rings (SSSR count). The second-order valence-corrected chi connectivity index (χ2v) is 12.2. The number of hydrogen-bond donors (Lipinski definition) is 0. The van der Waals surface area contributed by atoms with Gasteiger partial charge >= 0.3 is 0 Å². The molecular formula is C36H44N4O. The first kappa shape index (κ1) is 29.0. The number of carbonyl (C=O) groups is 1. The Kier molecular flexibility index (Phi) is 8.86. The van der Waals surface area contributed by atoms with Gasteiger partial charge in [-0.1, -0.05) is 81.4 Å². The molecule has 1 saturated heterocycles. The summed E-state index contributed by atoms with van der Waals surface area (Å²) in [5.41, 5.74) is 7.13. The monoisotopic (exact) mass is 548 g/mol. The predicted molar refractivity (Wildman–Crippen MR) is 169 cm³/mol. The average Bonchev–Trinajstić information content (AvgIpc) is 2.99. The minimum atomic E-state index is 0.0689. The molecule has 41 heavy (non-hydrogen) atoms. The van der Waals surface area contributed by atoms with Crippen LogP contribution in [-0.4, -0.2) is 64.9 Å². The topological polar surface area (TPSA) is 39.7 Å². The first-order valence-electron chi connectivity index (χ1n) is 15.1. The third-order valence-corrected chi connectivity index (χ3v) is 8.48. The van der Waals surface area contributed by atoms with Crippen molar-refractivity contribution in [3.8, 4) is 0 Å². The fraction of sp³-hybridized carbons (Fsp3) is 0.389. The lowest BCUT2D eigenvalue weighted by molar-refractivity contribution is 0.0773. The summed E-state index contributed by atoms with van der Waals surface area (Å²) in [4.78, 5) is 24.8. The maximum absolute atomic E-state index is 13.0. The van der Waals surface area contributed by atoms with E-state index in [9.17, 15) is 4.79 Å². The zero-order valence-electron chi connectivity index (χ0n) is 25.3. The van der Waals surface area contributed by atoms with E-state index >= 15 is 0 Å². The van der Waals surface area contributed by atoms with E-state index in [0.29, 0.717) is 13.1 Å². The summed E-state index contributed by atoms with van der Waals surface area (Å²) in [7, 11) is 0. The van der Waals surface area contributed by atoms with Crippen LogP contribution in [0.15, 0.2) is 85.1 Å². The van der Waals surface area contributed by atoms with Crippen LogP contribution in [0.2, 0.25) is 0 Å². The zero-order valence-corrected chi connectivity index (χ0v) is 25.3. The largest absolute Gasteiger partial charge is 0.339 e. The van der Waals surface area contributed by atoms with Gasteiger partial charge in [0.05, 0.1) is 11.6 Å². The van der Waals surface area contributed by atoms with Crippen molar-refractivity contribution in [2.75, 3.05) is 39.3 Å². The summed E-state index contributed by atoms with van der Waals surface area (Å²) < 4.78 is 0. The molecule has 0 aliphatic carbocycles. The minimum Gasteiger partial charge on any atom is -0.339 e. The highest BCUT2D eigenvalue weighted by Crippen LogP contribution is 2.34. The number of carbonyl (C=O) groups excluding carboxylic acids is 1. The second kappa shape index (κ2) is 12.5. The molecule has 5 nitrogen and oxygen atoms in total. The number of benzene rings is 3. The summed E-state index contributed by atoms with van der Waals surface area (Å²) in [5, 5.41) is 1.15. The lowest BCUT2D eigenvalue weighted by atomic mass is 9.87. The highest BCUT2D eigenvalue weighted by Gasteiger charge is 2.28. The lowest BCUT2D eigenvalue weighted by Crippen LogP contribution is -2.47. The van der Waals surface area contributed by atoms with Crippen LogP contribution in [0, 0.1) is 0 Å². The van der Waals surface area contributed by atoms with Crippen LogP contribution in [-0.2, 0) is 12.0 Å². The molecule has 5 heteroatoms. The van der Waals surface area contributed by atoms with E-state index in [0.717, 1.165) is 49.2 Å². The van der Waals surface area contributed by atoms with Gasteiger partial charge in [-0.25, -0.2) is 0 Å². The van der Waals surface area contributed by atoms with Crippen molar-refractivity contribution in [2.24, 2.45) is 0 Å². The third-order valence-electron chi connectivity index (χ3n) is 8.48. The second-order valence-electron chi connectivity index (χ2n) is 12.2. The van der Waals surface area contributed by atoms with Gasteiger partial charge in [0.25, 0.3) is 5.91 Å². The standard InChI is InChI=1S/C36H44N4O/c1-6-39(7-2)35(41)30-17-15-29(16-18-30)34(32-12-8-10-28-11-9-21-37-33(28)32)40-24-22-38(23-25-40)26-27-13-19-31(20-14-27)36(3,4)5/h8-21,34H,6-7,22-26H2,1-5H3. The minimum absolute atomic E-state index is 0.0689. The van der Waals surface area contributed by atoms with Crippen molar-refractivity contribution < 1.29 is 4.79 Å². The van der Waals surface area contributed by atoms with Gasteiger partial charge in [-0.15, -0.1) is 0 Å². The number of amides is 1. The van der Waals surface area contributed by atoms with Gasteiger partial charge in [0.2, 0.25) is 0 Å². The van der Waals surface area contributed by atoms with E-state index in [1.165, 1.54) is 22.3 Å². The van der Waals surface area contributed by atoms with Crippen molar-refractivity contribution >= 4 is 16.8 Å². The Hall–Kier alpha value is -3.54. The summed E-state index contributed by atoms with van der Waals surface area (Å²) in [6.45, 7) is 17.2. The molecule has 1 aromatic heterocycles. The van der Waals surface area contributed by atoms with E-state index in [-0.39, 0.29) is 17.4 Å².